The zero-order valence-corrected chi connectivity index (χ0v) is 22.2. The third kappa shape index (κ3) is 4.79. The summed E-state index contributed by atoms with van der Waals surface area (Å²) >= 11 is 0. The molecular formula is C28H34N4O5. The summed E-state index contributed by atoms with van der Waals surface area (Å²) in [6.07, 6.45) is 2.52. The Morgan fingerprint density at radius 3 is 2.57 bits per heavy atom. The molecule has 0 saturated carbocycles. The van der Waals surface area contributed by atoms with Gasteiger partial charge in [0.05, 0.1) is 31.0 Å². The molecule has 1 aliphatic rings. The van der Waals surface area contributed by atoms with Gasteiger partial charge in [-0.25, -0.2) is 4.98 Å². The summed E-state index contributed by atoms with van der Waals surface area (Å²) < 4.78 is 13.1. The number of nitrogens with zero attached hydrogens (tertiary/aromatic N) is 4. The van der Waals surface area contributed by atoms with Gasteiger partial charge in [0.2, 0.25) is 0 Å². The maximum Gasteiger partial charge on any atom is 0.295 e. The quantitative estimate of drug-likeness (QED) is 0.268. The first-order valence-electron chi connectivity index (χ1n) is 12.4. The highest BCUT2D eigenvalue weighted by Crippen LogP contribution is 2.42. The Hall–Kier alpha value is -3.85. The second-order valence-electron chi connectivity index (χ2n) is 9.42. The molecule has 1 amide bonds. The number of ether oxygens (including phenoxy) is 2. The van der Waals surface area contributed by atoms with Gasteiger partial charge in [0.25, 0.3) is 11.7 Å². The molecular weight excluding hydrogens is 472 g/mol. The van der Waals surface area contributed by atoms with E-state index in [0.29, 0.717) is 48.0 Å². The van der Waals surface area contributed by atoms with Crippen molar-refractivity contribution in [2.45, 2.75) is 33.2 Å². The Morgan fingerprint density at radius 1 is 1.16 bits per heavy atom. The van der Waals surface area contributed by atoms with Gasteiger partial charge in [-0.2, -0.15) is 0 Å². The number of aryl methyl sites for hydroxylation is 2. The molecule has 1 saturated heterocycles. The fourth-order valence-electron chi connectivity index (χ4n) is 4.82. The highest BCUT2D eigenvalue weighted by Gasteiger charge is 2.46. The molecule has 2 aromatic heterocycles. The van der Waals surface area contributed by atoms with Gasteiger partial charge >= 0.3 is 0 Å². The number of carbonyl (C=O) groups is 2. The number of aliphatic hydroxyl groups excluding tert-OH is 1. The van der Waals surface area contributed by atoms with Crippen LogP contribution in [0.15, 0.2) is 42.1 Å². The summed E-state index contributed by atoms with van der Waals surface area (Å²) in [6.45, 7) is 7.20. The number of methoxy groups -OCH3 is 1. The Morgan fingerprint density at radius 2 is 1.92 bits per heavy atom. The van der Waals surface area contributed by atoms with Gasteiger partial charge in [-0.3, -0.25) is 9.59 Å². The fraction of sp³-hybridized carbons (Fsp3) is 0.393. The number of hydrogen-bond acceptors (Lipinski definition) is 7. The van der Waals surface area contributed by atoms with Crippen LogP contribution in [0.1, 0.15) is 41.9 Å². The molecule has 1 unspecified atom stereocenters. The number of amides is 1. The lowest BCUT2D eigenvalue weighted by Crippen LogP contribution is -2.32. The van der Waals surface area contributed by atoms with Gasteiger partial charge in [0.1, 0.15) is 11.3 Å². The average molecular weight is 507 g/mol. The van der Waals surface area contributed by atoms with Crippen LogP contribution in [0.4, 0.5) is 0 Å². The molecule has 9 heteroatoms. The second-order valence-corrected chi connectivity index (χ2v) is 9.42. The minimum Gasteiger partial charge on any atom is -0.505 e. The Kier molecular flexibility index (Phi) is 7.54. The van der Waals surface area contributed by atoms with E-state index in [1.54, 1.807) is 18.2 Å². The van der Waals surface area contributed by atoms with Crippen molar-refractivity contribution in [3.8, 4) is 11.5 Å². The molecule has 1 N–H and O–H groups in total. The van der Waals surface area contributed by atoms with E-state index in [9.17, 15) is 14.7 Å². The number of hydrogen-bond donors (Lipinski definition) is 1. The Labute approximate surface area is 216 Å². The van der Waals surface area contributed by atoms with E-state index in [1.807, 2.05) is 62.5 Å². The molecule has 1 aliphatic heterocycles. The molecule has 3 heterocycles. The zero-order valence-electron chi connectivity index (χ0n) is 22.2. The highest BCUT2D eigenvalue weighted by atomic mass is 16.5. The number of aliphatic hydroxyl groups is 1. The highest BCUT2D eigenvalue weighted by molar-refractivity contribution is 6.46. The molecule has 1 aromatic carbocycles. The number of imidazole rings is 1. The third-order valence-corrected chi connectivity index (χ3v) is 6.66. The number of pyridine rings is 1. The molecule has 1 atom stereocenters. The molecule has 37 heavy (non-hydrogen) atoms. The van der Waals surface area contributed by atoms with Crippen molar-refractivity contribution >= 4 is 23.1 Å². The maximum absolute atomic E-state index is 13.4. The standard InChI is InChI=1S/C28H34N4O5/c1-7-37-20-12-11-19(16-21(20)36-6)24-22(26(34)28(35)32(24)15-9-13-30(4)5)25(33)23-18(3)31-14-8-10-17(2)27(31)29-23/h8,10-12,14,16,24,33H,7,9,13,15H2,1-6H3. The first-order valence-corrected chi connectivity index (χ1v) is 12.4. The van der Waals surface area contributed by atoms with E-state index in [1.165, 1.54) is 12.0 Å². The molecule has 9 nitrogen and oxygen atoms in total. The summed E-state index contributed by atoms with van der Waals surface area (Å²) in [5, 5.41) is 11.5. The van der Waals surface area contributed by atoms with Crippen molar-refractivity contribution in [1.82, 2.24) is 19.2 Å². The minimum atomic E-state index is -0.794. The molecule has 0 aliphatic carbocycles. The Bertz CT molecular complexity index is 1370. The predicted octanol–water partition coefficient (Wildman–Crippen LogP) is 3.73. The molecule has 4 rings (SSSR count). The van der Waals surface area contributed by atoms with Gasteiger partial charge < -0.3 is 28.8 Å². The summed E-state index contributed by atoms with van der Waals surface area (Å²) in [4.78, 5) is 34.9. The van der Waals surface area contributed by atoms with Crippen LogP contribution < -0.4 is 9.47 Å². The summed E-state index contributed by atoms with van der Waals surface area (Å²) in [7, 11) is 5.45. The second kappa shape index (κ2) is 10.6. The van der Waals surface area contributed by atoms with Crippen molar-refractivity contribution in [3.05, 3.63) is 64.6 Å². The number of rotatable bonds is 9. The largest absolute Gasteiger partial charge is 0.505 e. The molecule has 0 bridgehead atoms. The van der Waals surface area contributed by atoms with E-state index >= 15 is 0 Å². The number of carbonyl (C=O) groups excluding carboxylic acids is 2. The third-order valence-electron chi connectivity index (χ3n) is 6.66. The number of aromatic nitrogens is 2. The number of ketones is 1. The predicted molar refractivity (Wildman–Crippen MR) is 141 cm³/mol. The first-order chi connectivity index (χ1) is 17.7. The molecule has 3 aromatic rings. The van der Waals surface area contributed by atoms with Gasteiger partial charge in [-0.05, 0) is 77.2 Å². The molecule has 1 fully saturated rings. The van der Waals surface area contributed by atoms with Crippen LogP contribution >= 0.6 is 0 Å². The number of Topliss-reactive ketones (excluding diaryl/α,β-unsaturated/α-hetero) is 1. The van der Waals surface area contributed by atoms with E-state index in [2.05, 4.69) is 4.98 Å². The first kappa shape index (κ1) is 26.2. The van der Waals surface area contributed by atoms with Crippen molar-refractivity contribution < 1.29 is 24.2 Å². The van der Waals surface area contributed by atoms with Crippen LogP contribution in [0.5, 0.6) is 11.5 Å². The van der Waals surface area contributed by atoms with Crippen molar-refractivity contribution in [3.63, 3.8) is 0 Å². The smallest absolute Gasteiger partial charge is 0.295 e. The van der Waals surface area contributed by atoms with Crippen molar-refractivity contribution in [1.29, 1.82) is 0 Å². The average Bonchev–Trinajstić information content (AvgIpc) is 3.34. The van der Waals surface area contributed by atoms with E-state index in [4.69, 9.17) is 9.47 Å². The van der Waals surface area contributed by atoms with Crippen LogP contribution in [-0.2, 0) is 9.59 Å². The Balaban J connectivity index is 1.89. The van der Waals surface area contributed by atoms with E-state index in [-0.39, 0.29) is 17.0 Å². The lowest BCUT2D eigenvalue weighted by Gasteiger charge is -2.26. The molecule has 196 valence electrons. The van der Waals surface area contributed by atoms with Gasteiger partial charge in [0, 0.05) is 12.7 Å². The number of likely N-dealkylation sites (tertiary alicyclic amines) is 1. The van der Waals surface area contributed by atoms with Crippen LogP contribution in [0, 0.1) is 13.8 Å². The monoisotopic (exact) mass is 506 g/mol. The van der Waals surface area contributed by atoms with Gasteiger partial charge in [-0.15, -0.1) is 0 Å². The normalized spacial score (nSPS) is 17.3. The topological polar surface area (TPSA) is 96.6 Å². The SMILES string of the molecule is CCOc1ccc(C2C(=C(O)c3nc4c(C)cccn4c3C)C(=O)C(=O)N2CCCN(C)C)cc1OC. The summed E-state index contributed by atoms with van der Waals surface area (Å²) in [5.74, 6) is -0.612. The van der Waals surface area contributed by atoms with Crippen LogP contribution in [-0.4, -0.2) is 76.9 Å². The zero-order chi connectivity index (χ0) is 26.9. The van der Waals surface area contributed by atoms with Crippen LogP contribution in [0.3, 0.4) is 0 Å². The lowest BCUT2D eigenvalue weighted by atomic mass is 9.96. The number of fused-ring (bicyclic) bond motifs is 1. The van der Waals surface area contributed by atoms with Gasteiger partial charge in [0.15, 0.2) is 17.3 Å². The number of benzene rings is 1. The fourth-order valence-corrected chi connectivity index (χ4v) is 4.82. The molecule has 0 radical (unpaired) electrons. The molecule has 0 spiro atoms. The van der Waals surface area contributed by atoms with E-state index in [0.717, 1.165) is 12.1 Å². The lowest BCUT2D eigenvalue weighted by molar-refractivity contribution is -0.139. The van der Waals surface area contributed by atoms with Crippen molar-refractivity contribution in [2.75, 3.05) is 40.9 Å². The van der Waals surface area contributed by atoms with E-state index < -0.39 is 17.7 Å². The van der Waals surface area contributed by atoms with Gasteiger partial charge in [-0.1, -0.05) is 12.1 Å². The summed E-state index contributed by atoms with van der Waals surface area (Å²) in [6, 6.07) is 8.36. The van der Waals surface area contributed by atoms with Crippen LogP contribution in [0.25, 0.3) is 11.4 Å². The maximum atomic E-state index is 13.4. The van der Waals surface area contributed by atoms with Crippen molar-refractivity contribution in [2.24, 2.45) is 0 Å². The van der Waals surface area contributed by atoms with Crippen LogP contribution in [0.2, 0.25) is 0 Å². The summed E-state index contributed by atoms with van der Waals surface area (Å²) in [5.41, 5.74) is 3.23. The minimum absolute atomic E-state index is 0.0187.